The SMILES string of the molecule is O=C(NCC1CCCCCC1)c1cc2[nH]cnc2cc1C(=O)N[C@@H](Cc1ccccc1F)C(=O)Nc1cc(-c2nn[nH]n2)cc(-c2nn[nH]n2)c1. The molecule has 1 atom stereocenters. The lowest BCUT2D eigenvalue weighted by molar-refractivity contribution is -0.118. The Balaban J connectivity index is 1.18. The van der Waals surface area contributed by atoms with Crippen molar-refractivity contribution >= 4 is 34.4 Å². The van der Waals surface area contributed by atoms with E-state index in [1.807, 2.05) is 0 Å². The van der Waals surface area contributed by atoms with E-state index in [9.17, 15) is 18.8 Å². The molecule has 0 saturated heterocycles. The third-order valence-electron chi connectivity index (χ3n) is 8.99. The van der Waals surface area contributed by atoms with E-state index in [0.717, 1.165) is 25.7 Å². The van der Waals surface area contributed by atoms with Gasteiger partial charge >= 0.3 is 0 Å². The number of nitrogens with one attached hydrogen (secondary N) is 6. The summed E-state index contributed by atoms with van der Waals surface area (Å²) in [6.07, 6.45) is 7.98. The molecule has 1 aliphatic rings. The molecule has 3 aromatic carbocycles. The van der Waals surface area contributed by atoms with Crippen LogP contribution in [0.25, 0.3) is 33.8 Å². The van der Waals surface area contributed by atoms with Crippen molar-refractivity contribution in [1.29, 1.82) is 0 Å². The lowest BCUT2D eigenvalue weighted by atomic mass is 9.99. The van der Waals surface area contributed by atoms with Crippen LogP contribution in [0.4, 0.5) is 10.1 Å². The summed E-state index contributed by atoms with van der Waals surface area (Å²) >= 11 is 0. The Bertz CT molecular complexity index is 2090. The number of imidazole rings is 1. The van der Waals surface area contributed by atoms with Crippen LogP contribution in [0.1, 0.15) is 64.8 Å². The maximum absolute atomic E-state index is 14.9. The molecule has 0 unspecified atom stereocenters. The first kappa shape index (κ1) is 33.1. The van der Waals surface area contributed by atoms with Crippen molar-refractivity contribution in [2.45, 2.75) is 51.0 Å². The summed E-state index contributed by atoms with van der Waals surface area (Å²) in [6.45, 7) is 0.494. The fourth-order valence-corrected chi connectivity index (χ4v) is 6.34. The molecular formula is C34H34FN13O3. The average molecular weight is 692 g/mol. The van der Waals surface area contributed by atoms with Gasteiger partial charge in [0, 0.05) is 29.8 Å². The largest absolute Gasteiger partial charge is 0.352 e. The lowest BCUT2D eigenvalue weighted by Gasteiger charge is -2.21. The van der Waals surface area contributed by atoms with Crippen molar-refractivity contribution in [2.24, 2.45) is 5.92 Å². The normalized spacial score (nSPS) is 14.1. The van der Waals surface area contributed by atoms with Crippen molar-refractivity contribution in [3.05, 3.63) is 83.4 Å². The van der Waals surface area contributed by atoms with Crippen LogP contribution in [-0.2, 0) is 11.2 Å². The van der Waals surface area contributed by atoms with E-state index in [-0.39, 0.29) is 40.4 Å². The molecule has 1 fully saturated rings. The van der Waals surface area contributed by atoms with Gasteiger partial charge in [0.25, 0.3) is 11.8 Å². The third-order valence-corrected chi connectivity index (χ3v) is 8.99. The molecule has 51 heavy (non-hydrogen) atoms. The van der Waals surface area contributed by atoms with Crippen molar-refractivity contribution in [3.63, 3.8) is 0 Å². The van der Waals surface area contributed by atoms with Gasteiger partial charge in [0.15, 0.2) is 0 Å². The number of rotatable bonds is 11. The summed E-state index contributed by atoms with van der Waals surface area (Å²) in [4.78, 5) is 49.0. The number of hydrogen-bond donors (Lipinski definition) is 6. The number of aromatic amines is 3. The standard InChI is InChI=1S/C34H34FN13O3/c35-26-10-6-5-9-20(26)14-29(34(51)39-23-12-21(30-41-45-46-42-30)11-22(13-23)31-43-47-48-44-31)40-33(50)25-16-28-27(37-18-38-28)15-24(25)32(49)36-17-19-7-3-1-2-4-8-19/h5-6,9-13,15-16,18-19,29H,1-4,7-8,14,17H2,(H,36,49)(H,37,38)(H,39,51)(H,40,50)(H,41,42,45,46)(H,43,44,47,48)/t29-/m0/s1. The van der Waals surface area contributed by atoms with Crippen LogP contribution < -0.4 is 16.0 Å². The fourth-order valence-electron chi connectivity index (χ4n) is 6.34. The second-order valence-corrected chi connectivity index (χ2v) is 12.5. The van der Waals surface area contributed by atoms with Crippen LogP contribution in [0.15, 0.2) is 60.9 Å². The molecule has 0 radical (unpaired) electrons. The first-order chi connectivity index (χ1) is 24.9. The predicted octanol–water partition coefficient (Wildman–Crippen LogP) is 3.74. The van der Waals surface area contributed by atoms with E-state index in [4.69, 9.17) is 0 Å². The van der Waals surface area contributed by atoms with Gasteiger partial charge in [-0.2, -0.15) is 10.4 Å². The molecule has 260 valence electrons. The summed E-state index contributed by atoms with van der Waals surface area (Å²) in [7, 11) is 0. The van der Waals surface area contributed by atoms with Crippen LogP contribution in [0.2, 0.25) is 0 Å². The van der Waals surface area contributed by atoms with Crippen molar-refractivity contribution < 1.29 is 18.8 Å². The molecule has 0 spiro atoms. The summed E-state index contributed by atoms with van der Waals surface area (Å²) in [6, 6.07) is 12.7. The third kappa shape index (κ3) is 7.76. The maximum atomic E-state index is 14.9. The Kier molecular flexibility index (Phi) is 9.75. The Labute approximate surface area is 289 Å². The molecule has 17 heteroatoms. The zero-order valence-corrected chi connectivity index (χ0v) is 27.3. The zero-order chi connectivity index (χ0) is 35.2. The number of carbonyl (C=O) groups is 3. The van der Waals surface area contributed by atoms with E-state index in [0.29, 0.717) is 34.6 Å². The number of H-pyrrole nitrogens is 3. The van der Waals surface area contributed by atoms with Gasteiger partial charge in [0.05, 0.1) is 28.5 Å². The number of benzene rings is 3. The Morgan fingerprint density at radius 3 is 2.20 bits per heavy atom. The predicted molar refractivity (Wildman–Crippen MR) is 182 cm³/mol. The van der Waals surface area contributed by atoms with Gasteiger partial charge in [-0.3, -0.25) is 14.4 Å². The minimum atomic E-state index is -1.28. The molecule has 0 aliphatic heterocycles. The quantitative estimate of drug-likeness (QED) is 0.108. The Morgan fingerprint density at radius 1 is 0.843 bits per heavy atom. The number of halogens is 1. The van der Waals surface area contributed by atoms with Gasteiger partial charge in [0.2, 0.25) is 17.6 Å². The second-order valence-electron chi connectivity index (χ2n) is 12.5. The van der Waals surface area contributed by atoms with Crippen molar-refractivity contribution in [3.8, 4) is 22.8 Å². The number of fused-ring (bicyclic) bond motifs is 1. The maximum Gasteiger partial charge on any atom is 0.252 e. The molecule has 3 aromatic heterocycles. The van der Waals surface area contributed by atoms with E-state index in [2.05, 4.69) is 67.2 Å². The number of aromatic nitrogens is 10. The van der Waals surface area contributed by atoms with Crippen LogP contribution >= 0.6 is 0 Å². The van der Waals surface area contributed by atoms with Crippen LogP contribution in [0.5, 0.6) is 0 Å². The van der Waals surface area contributed by atoms with Crippen LogP contribution in [0, 0.1) is 11.7 Å². The Morgan fingerprint density at radius 2 is 1.53 bits per heavy atom. The highest BCUT2D eigenvalue weighted by Crippen LogP contribution is 2.27. The molecule has 3 heterocycles. The van der Waals surface area contributed by atoms with Crippen LogP contribution in [-0.4, -0.2) is 81.5 Å². The number of tetrazole rings is 2. The average Bonchev–Trinajstić information content (AvgIpc) is 3.93. The van der Waals surface area contributed by atoms with E-state index >= 15 is 0 Å². The molecule has 3 amide bonds. The minimum absolute atomic E-state index is 0.0257. The Hall–Kier alpha value is -6.39. The molecule has 1 saturated carbocycles. The number of nitrogens with zero attached hydrogens (tertiary/aromatic N) is 7. The fraction of sp³-hybridized carbons (Fsp3) is 0.294. The van der Waals surface area contributed by atoms with E-state index < -0.39 is 29.6 Å². The van der Waals surface area contributed by atoms with Gasteiger partial charge in [0.1, 0.15) is 11.9 Å². The molecule has 1 aliphatic carbocycles. The van der Waals surface area contributed by atoms with E-state index in [1.54, 1.807) is 30.3 Å². The minimum Gasteiger partial charge on any atom is -0.352 e. The molecular weight excluding hydrogens is 657 g/mol. The van der Waals surface area contributed by atoms with Crippen molar-refractivity contribution in [2.75, 3.05) is 11.9 Å². The van der Waals surface area contributed by atoms with Crippen molar-refractivity contribution in [1.82, 2.24) is 61.8 Å². The molecule has 0 bridgehead atoms. The monoisotopic (exact) mass is 691 g/mol. The summed E-state index contributed by atoms with van der Waals surface area (Å²) < 4.78 is 14.9. The number of amides is 3. The summed E-state index contributed by atoms with van der Waals surface area (Å²) in [5.41, 5.74) is 2.62. The molecule has 6 aromatic rings. The summed E-state index contributed by atoms with van der Waals surface area (Å²) in [5.74, 6) is -1.48. The smallest absolute Gasteiger partial charge is 0.252 e. The van der Waals surface area contributed by atoms with Gasteiger partial charge < -0.3 is 20.9 Å². The van der Waals surface area contributed by atoms with Gasteiger partial charge in [-0.05, 0) is 71.1 Å². The zero-order valence-electron chi connectivity index (χ0n) is 27.3. The first-order valence-electron chi connectivity index (χ1n) is 16.6. The molecule has 6 N–H and O–H groups in total. The first-order valence-corrected chi connectivity index (χ1v) is 16.6. The number of carbonyl (C=O) groups excluding carboxylic acids is 3. The number of hydrogen-bond acceptors (Lipinski definition) is 10. The molecule has 16 nitrogen and oxygen atoms in total. The highest BCUT2D eigenvalue weighted by Gasteiger charge is 2.27. The highest BCUT2D eigenvalue weighted by molar-refractivity contribution is 6.11. The van der Waals surface area contributed by atoms with E-state index in [1.165, 1.54) is 43.4 Å². The van der Waals surface area contributed by atoms with Gasteiger partial charge in [-0.15, -0.1) is 20.4 Å². The number of anilines is 1. The highest BCUT2D eigenvalue weighted by atomic mass is 19.1. The second kappa shape index (κ2) is 15.0. The summed E-state index contributed by atoms with van der Waals surface area (Å²) in [5, 5.41) is 36.7. The van der Waals surface area contributed by atoms with Gasteiger partial charge in [-0.25, -0.2) is 9.37 Å². The van der Waals surface area contributed by atoms with Gasteiger partial charge in [-0.1, -0.05) is 43.9 Å². The topological polar surface area (TPSA) is 225 Å². The van der Waals surface area contributed by atoms with Crippen LogP contribution in [0.3, 0.4) is 0 Å². The molecule has 7 rings (SSSR count). The lowest BCUT2D eigenvalue weighted by Crippen LogP contribution is -2.46.